The van der Waals surface area contributed by atoms with Gasteiger partial charge in [-0.25, -0.2) is 16.8 Å². The van der Waals surface area contributed by atoms with Gasteiger partial charge in [0, 0.05) is 13.1 Å². The summed E-state index contributed by atoms with van der Waals surface area (Å²) >= 11 is 0. The SMILES string of the molecule is CCS(=O)(=O)N1Cc2ccc(S(=O)(=O)C3[CH]C(OC)=C(OC)C=C3)cc2C1. The van der Waals surface area contributed by atoms with Gasteiger partial charge < -0.3 is 9.47 Å². The van der Waals surface area contributed by atoms with E-state index in [4.69, 9.17) is 9.47 Å². The summed E-state index contributed by atoms with van der Waals surface area (Å²) in [5.41, 5.74) is 1.54. The number of nitrogens with zero attached hydrogens (tertiary/aromatic N) is 1. The van der Waals surface area contributed by atoms with Crippen molar-refractivity contribution in [1.82, 2.24) is 4.31 Å². The number of sulfonamides is 1. The molecule has 147 valence electrons. The molecule has 9 heteroatoms. The molecule has 1 aromatic rings. The fourth-order valence-electron chi connectivity index (χ4n) is 3.13. The van der Waals surface area contributed by atoms with Crippen molar-refractivity contribution in [2.45, 2.75) is 30.2 Å². The fraction of sp³-hybridized carbons (Fsp3) is 0.389. The number of rotatable bonds is 6. The van der Waals surface area contributed by atoms with Gasteiger partial charge in [-0.15, -0.1) is 0 Å². The van der Waals surface area contributed by atoms with Crippen molar-refractivity contribution in [2.75, 3.05) is 20.0 Å². The summed E-state index contributed by atoms with van der Waals surface area (Å²) in [5.74, 6) is 0.829. The lowest BCUT2D eigenvalue weighted by molar-refractivity contribution is 0.233. The van der Waals surface area contributed by atoms with Crippen molar-refractivity contribution < 1.29 is 26.3 Å². The second kappa shape index (κ2) is 7.29. The Morgan fingerprint density at radius 2 is 1.70 bits per heavy atom. The van der Waals surface area contributed by atoms with Crippen LogP contribution in [0.15, 0.2) is 46.8 Å². The first-order chi connectivity index (χ1) is 12.7. The minimum Gasteiger partial charge on any atom is -0.497 e. The maximum Gasteiger partial charge on any atom is 0.214 e. The van der Waals surface area contributed by atoms with Crippen molar-refractivity contribution in [1.29, 1.82) is 0 Å². The zero-order chi connectivity index (χ0) is 19.8. The smallest absolute Gasteiger partial charge is 0.214 e. The summed E-state index contributed by atoms with van der Waals surface area (Å²) in [6.45, 7) is 2.06. The molecule has 7 nitrogen and oxygen atoms in total. The Morgan fingerprint density at radius 1 is 1.04 bits per heavy atom. The van der Waals surface area contributed by atoms with Gasteiger partial charge >= 0.3 is 0 Å². The molecule has 0 N–H and O–H groups in total. The first kappa shape index (κ1) is 19.9. The third-order valence-corrected chi connectivity index (χ3v) is 8.45. The summed E-state index contributed by atoms with van der Waals surface area (Å²) < 4.78 is 62.0. The fourth-order valence-corrected chi connectivity index (χ4v) is 5.64. The Kier molecular flexibility index (Phi) is 5.38. The second-order valence-corrected chi connectivity index (χ2v) is 10.6. The lowest BCUT2D eigenvalue weighted by Crippen LogP contribution is -2.27. The van der Waals surface area contributed by atoms with Crippen LogP contribution < -0.4 is 0 Å². The molecule has 2 aliphatic rings. The number of sulfone groups is 1. The lowest BCUT2D eigenvalue weighted by atomic mass is 10.1. The van der Waals surface area contributed by atoms with Crippen LogP contribution in [-0.4, -0.2) is 46.4 Å². The summed E-state index contributed by atoms with van der Waals surface area (Å²) in [6.07, 6.45) is 4.61. The van der Waals surface area contributed by atoms with Gasteiger partial charge in [0.25, 0.3) is 0 Å². The monoisotopic (exact) mass is 412 g/mol. The number of allylic oxidation sites excluding steroid dienone is 2. The molecule has 1 heterocycles. The molecule has 27 heavy (non-hydrogen) atoms. The topological polar surface area (TPSA) is 90.0 Å². The molecule has 0 saturated heterocycles. The molecule has 1 aliphatic heterocycles. The molecule has 3 rings (SSSR count). The van der Waals surface area contributed by atoms with Gasteiger partial charge in [0.05, 0.1) is 36.5 Å². The van der Waals surface area contributed by atoms with E-state index in [1.54, 1.807) is 25.1 Å². The molecule has 0 spiro atoms. The molecule has 0 fully saturated rings. The Balaban J connectivity index is 1.88. The Labute approximate surface area is 160 Å². The maximum atomic E-state index is 13.0. The predicted molar refractivity (Wildman–Crippen MR) is 101 cm³/mol. The van der Waals surface area contributed by atoms with Crippen molar-refractivity contribution in [3.8, 4) is 0 Å². The highest BCUT2D eigenvalue weighted by atomic mass is 32.2. The average Bonchev–Trinajstić information content (AvgIpc) is 3.11. The highest BCUT2D eigenvalue weighted by Gasteiger charge is 2.33. The van der Waals surface area contributed by atoms with Gasteiger partial charge in [0.2, 0.25) is 10.0 Å². The highest BCUT2D eigenvalue weighted by molar-refractivity contribution is 7.92. The summed E-state index contributed by atoms with van der Waals surface area (Å²) in [5, 5.41) is -0.888. The van der Waals surface area contributed by atoms with E-state index < -0.39 is 25.1 Å². The normalized spacial score (nSPS) is 20.6. The number of benzene rings is 1. The molecule has 1 aromatic carbocycles. The third kappa shape index (κ3) is 3.63. The number of ether oxygens (including phenoxy) is 2. The first-order valence-electron chi connectivity index (χ1n) is 8.41. The van der Waals surface area contributed by atoms with Crippen LogP contribution in [0, 0.1) is 6.42 Å². The van der Waals surface area contributed by atoms with Crippen LogP contribution in [0.1, 0.15) is 18.1 Å². The van der Waals surface area contributed by atoms with Gasteiger partial charge in [-0.1, -0.05) is 12.1 Å². The molecule has 0 amide bonds. The first-order valence-corrected chi connectivity index (χ1v) is 11.6. The van der Waals surface area contributed by atoms with Crippen molar-refractivity contribution in [2.24, 2.45) is 0 Å². The summed E-state index contributed by atoms with van der Waals surface area (Å²) in [7, 11) is -4.09. The van der Waals surface area contributed by atoms with E-state index >= 15 is 0 Å². The van der Waals surface area contributed by atoms with Gasteiger partial charge in [-0.2, -0.15) is 4.31 Å². The number of hydrogen-bond donors (Lipinski definition) is 0. The Morgan fingerprint density at radius 3 is 2.33 bits per heavy atom. The summed E-state index contributed by atoms with van der Waals surface area (Å²) in [4.78, 5) is 0.152. The number of fused-ring (bicyclic) bond motifs is 1. The van der Waals surface area contributed by atoms with Gasteiger partial charge in [0.1, 0.15) is 5.76 Å². The predicted octanol–water partition coefficient (Wildman–Crippen LogP) is 1.77. The third-order valence-electron chi connectivity index (χ3n) is 4.75. The van der Waals surface area contributed by atoms with Crippen molar-refractivity contribution >= 4 is 19.9 Å². The average molecular weight is 413 g/mol. The molecule has 1 atom stereocenters. The van der Waals surface area contributed by atoms with Gasteiger partial charge in [0.15, 0.2) is 15.6 Å². The van der Waals surface area contributed by atoms with E-state index in [0.29, 0.717) is 17.1 Å². The van der Waals surface area contributed by atoms with Crippen LogP contribution in [0.5, 0.6) is 0 Å². The molecule has 0 saturated carbocycles. The van der Waals surface area contributed by atoms with Crippen LogP contribution in [-0.2, 0) is 42.4 Å². The molecular formula is C18H22NO6S2. The second-order valence-electron chi connectivity index (χ2n) is 6.27. The van der Waals surface area contributed by atoms with Gasteiger partial charge in [-0.05, 0) is 36.3 Å². The maximum absolute atomic E-state index is 13.0. The zero-order valence-electron chi connectivity index (χ0n) is 15.4. The van der Waals surface area contributed by atoms with E-state index in [1.165, 1.54) is 37.1 Å². The van der Waals surface area contributed by atoms with Crippen molar-refractivity contribution in [3.63, 3.8) is 0 Å². The standard InChI is InChI=1S/C18H22NO6S2/c1-4-26(20,21)19-11-13-5-6-15(9-14(13)12-19)27(22,23)16-7-8-17(24-2)18(10-16)25-3/h5-10,16H,4,11-12H2,1-3H3. The van der Waals surface area contributed by atoms with Crippen molar-refractivity contribution in [3.05, 3.63) is 59.4 Å². The number of hydrogen-bond acceptors (Lipinski definition) is 6. The van der Waals surface area contributed by atoms with Crippen LogP contribution >= 0.6 is 0 Å². The van der Waals surface area contributed by atoms with E-state index in [-0.39, 0.29) is 23.7 Å². The van der Waals surface area contributed by atoms with E-state index in [1.807, 2.05) is 0 Å². The quantitative estimate of drug-likeness (QED) is 0.707. The van der Waals surface area contributed by atoms with Crippen LogP contribution in [0.2, 0.25) is 0 Å². The van der Waals surface area contributed by atoms with E-state index in [0.717, 1.165) is 5.56 Å². The highest BCUT2D eigenvalue weighted by Crippen LogP contribution is 2.32. The largest absolute Gasteiger partial charge is 0.497 e. The minimum absolute atomic E-state index is 0.0158. The van der Waals surface area contributed by atoms with E-state index in [9.17, 15) is 16.8 Å². The summed E-state index contributed by atoms with van der Waals surface area (Å²) in [6, 6.07) is 4.78. The molecule has 1 aliphatic carbocycles. The van der Waals surface area contributed by atoms with E-state index in [2.05, 4.69) is 0 Å². The lowest BCUT2D eigenvalue weighted by Gasteiger charge is -2.21. The Hall–Kier alpha value is -1.84. The van der Waals surface area contributed by atoms with Crippen LogP contribution in [0.3, 0.4) is 0 Å². The molecule has 1 radical (unpaired) electrons. The molecular weight excluding hydrogens is 390 g/mol. The van der Waals surface area contributed by atoms with Gasteiger partial charge in [-0.3, -0.25) is 0 Å². The zero-order valence-corrected chi connectivity index (χ0v) is 17.0. The number of methoxy groups -OCH3 is 2. The molecule has 1 unspecified atom stereocenters. The van der Waals surface area contributed by atoms with Crippen LogP contribution in [0.4, 0.5) is 0 Å². The van der Waals surface area contributed by atoms with Crippen LogP contribution in [0.25, 0.3) is 0 Å². The molecule has 0 aromatic heterocycles. The molecule has 0 bridgehead atoms. The minimum atomic E-state index is -3.70. The Bertz CT molecular complexity index is 1010.